The number of esters is 1. The Morgan fingerprint density at radius 2 is 1.69 bits per heavy atom. The number of carbonyl (C=O) groups is 1. The molecule has 2 atom stereocenters. The van der Waals surface area contributed by atoms with Gasteiger partial charge >= 0.3 is 5.97 Å². The van der Waals surface area contributed by atoms with Crippen molar-refractivity contribution < 1.29 is 17.9 Å². The van der Waals surface area contributed by atoms with Crippen molar-refractivity contribution in [2.75, 3.05) is 6.61 Å². The molecule has 0 saturated heterocycles. The minimum Gasteiger partial charge on any atom is -0.463 e. The van der Waals surface area contributed by atoms with Crippen LogP contribution in [0, 0.1) is 6.92 Å². The highest BCUT2D eigenvalue weighted by Gasteiger charge is 2.46. The van der Waals surface area contributed by atoms with Gasteiger partial charge in [0, 0.05) is 5.56 Å². The fraction of sp³-hybridized carbons (Fsp3) is 0.214. The average molecular weight is 502 g/mol. The van der Waals surface area contributed by atoms with Crippen LogP contribution in [0.4, 0.5) is 5.69 Å². The molecule has 0 fully saturated rings. The van der Waals surface area contributed by atoms with Gasteiger partial charge in [0.1, 0.15) is 12.4 Å². The van der Waals surface area contributed by atoms with Crippen molar-refractivity contribution in [1.82, 2.24) is 9.42 Å². The molecule has 3 aromatic carbocycles. The maximum atomic E-state index is 14.4. The maximum Gasteiger partial charge on any atom is 0.335 e. The first-order valence-electron chi connectivity index (χ1n) is 11.9. The van der Waals surface area contributed by atoms with E-state index in [4.69, 9.17) is 4.74 Å². The number of hydrazine groups is 1. The van der Waals surface area contributed by atoms with Crippen LogP contribution in [0.15, 0.2) is 100 Å². The van der Waals surface area contributed by atoms with Crippen LogP contribution in [0.3, 0.4) is 0 Å². The van der Waals surface area contributed by atoms with Crippen LogP contribution in [0.1, 0.15) is 42.1 Å². The molecule has 184 valence electrons. The van der Waals surface area contributed by atoms with E-state index in [-0.39, 0.29) is 23.1 Å². The van der Waals surface area contributed by atoms with Crippen LogP contribution in [-0.2, 0) is 19.6 Å². The van der Waals surface area contributed by atoms with Gasteiger partial charge in [-0.15, -0.1) is 0 Å². The minimum absolute atomic E-state index is 0.130. The lowest BCUT2D eigenvalue weighted by molar-refractivity contribution is -0.139. The molecule has 0 aliphatic carbocycles. The molecule has 0 radical (unpaired) electrons. The van der Waals surface area contributed by atoms with Gasteiger partial charge in [-0.1, -0.05) is 76.7 Å². The third-order valence-electron chi connectivity index (χ3n) is 6.43. The number of aryl methyl sites for hydroxylation is 1. The molecular formula is C28H27N3O4S. The summed E-state index contributed by atoms with van der Waals surface area (Å²) in [5.74, 6) is -0.541. The van der Waals surface area contributed by atoms with Crippen LogP contribution in [-0.4, -0.2) is 36.8 Å². The Balaban J connectivity index is 1.77. The predicted octanol–water partition coefficient (Wildman–Crippen LogP) is 5.25. The summed E-state index contributed by atoms with van der Waals surface area (Å²) in [6, 6.07) is 22.2. The first-order valence-corrected chi connectivity index (χ1v) is 13.3. The van der Waals surface area contributed by atoms with E-state index in [9.17, 15) is 13.2 Å². The Bertz CT molecular complexity index is 1430. The van der Waals surface area contributed by atoms with Crippen molar-refractivity contribution in [3.63, 3.8) is 0 Å². The summed E-state index contributed by atoms with van der Waals surface area (Å²) < 4.78 is 35.5. The molecule has 2 heterocycles. The standard InChI is InChI=1S/C28H27N3O4S/c1-3-35-28(32)24-17-18-26-23-11-7-8-12-25(23)29-19-30(26)31(27(24)21-9-5-4-6-10-21)36(33,34)22-15-13-20(2)14-16-22/h4-17,19,26-27H,3,18H2,1-2H3/t26-,27-/m0/s1. The zero-order valence-electron chi connectivity index (χ0n) is 20.1. The zero-order chi connectivity index (χ0) is 25.3. The summed E-state index contributed by atoms with van der Waals surface area (Å²) >= 11 is 0. The first kappa shape index (κ1) is 24.0. The number of carbonyl (C=O) groups excluding carboxylic acids is 1. The molecule has 2 aliphatic rings. The van der Waals surface area contributed by atoms with Gasteiger partial charge in [0.15, 0.2) is 0 Å². The van der Waals surface area contributed by atoms with E-state index < -0.39 is 22.0 Å². The zero-order valence-corrected chi connectivity index (χ0v) is 20.9. The highest BCUT2D eigenvalue weighted by Crippen LogP contribution is 2.45. The van der Waals surface area contributed by atoms with Crippen molar-refractivity contribution >= 4 is 28.0 Å². The van der Waals surface area contributed by atoms with Crippen molar-refractivity contribution in [3.05, 3.63) is 107 Å². The molecule has 5 rings (SSSR count). The molecule has 0 unspecified atom stereocenters. The number of para-hydroxylation sites is 1. The molecule has 7 nitrogen and oxygen atoms in total. The molecular weight excluding hydrogens is 474 g/mol. The second-order valence-corrected chi connectivity index (χ2v) is 10.5. The molecule has 0 N–H and O–H groups in total. The number of hydrogen-bond acceptors (Lipinski definition) is 6. The number of sulfonamides is 1. The Labute approximate surface area is 211 Å². The Morgan fingerprint density at radius 3 is 2.42 bits per heavy atom. The predicted molar refractivity (Wildman–Crippen MR) is 138 cm³/mol. The van der Waals surface area contributed by atoms with Gasteiger partial charge in [0.05, 0.1) is 28.8 Å². The van der Waals surface area contributed by atoms with Crippen LogP contribution in [0.25, 0.3) is 0 Å². The molecule has 0 amide bonds. The number of rotatable bonds is 5. The van der Waals surface area contributed by atoms with Crippen molar-refractivity contribution in [2.45, 2.75) is 37.2 Å². The van der Waals surface area contributed by atoms with E-state index in [1.807, 2.05) is 67.6 Å². The van der Waals surface area contributed by atoms with Crippen LogP contribution in [0.5, 0.6) is 0 Å². The lowest BCUT2D eigenvalue weighted by atomic mass is 9.96. The lowest BCUT2D eigenvalue weighted by Crippen LogP contribution is -2.50. The number of fused-ring (bicyclic) bond motifs is 3. The van der Waals surface area contributed by atoms with Crippen LogP contribution >= 0.6 is 0 Å². The minimum atomic E-state index is -4.13. The smallest absolute Gasteiger partial charge is 0.335 e. The van der Waals surface area contributed by atoms with Crippen molar-refractivity contribution in [2.24, 2.45) is 4.99 Å². The van der Waals surface area contributed by atoms with E-state index in [1.54, 1.807) is 42.5 Å². The van der Waals surface area contributed by atoms with Gasteiger partial charge in [0.2, 0.25) is 0 Å². The first-order chi connectivity index (χ1) is 17.4. The van der Waals surface area contributed by atoms with Crippen LogP contribution in [0.2, 0.25) is 0 Å². The highest BCUT2D eigenvalue weighted by molar-refractivity contribution is 7.89. The van der Waals surface area contributed by atoms with Gasteiger partial charge in [-0.05, 0) is 44.0 Å². The second kappa shape index (κ2) is 9.72. The molecule has 36 heavy (non-hydrogen) atoms. The van der Waals surface area contributed by atoms with E-state index in [1.165, 1.54) is 4.41 Å². The SMILES string of the molecule is CCOC(=O)C1=CC[C@H]2c3ccccc3N=CN2N(S(=O)(=O)c2ccc(C)cc2)[C@H]1c1ccccc1. The topological polar surface area (TPSA) is 79.3 Å². The summed E-state index contributed by atoms with van der Waals surface area (Å²) in [5, 5.41) is 1.65. The summed E-state index contributed by atoms with van der Waals surface area (Å²) in [7, 11) is -4.13. The number of ether oxygens (including phenoxy) is 1. The van der Waals surface area contributed by atoms with Crippen LogP contribution < -0.4 is 0 Å². The number of aliphatic imine (C=N–C) groups is 1. The van der Waals surface area contributed by atoms with E-state index in [2.05, 4.69) is 4.99 Å². The molecule has 8 heteroatoms. The van der Waals surface area contributed by atoms with Gasteiger partial charge in [-0.2, -0.15) is 0 Å². The Kier molecular flexibility index (Phi) is 6.47. The van der Waals surface area contributed by atoms with Gasteiger partial charge < -0.3 is 4.74 Å². The number of hydrogen-bond donors (Lipinski definition) is 0. The Morgan fingerprint density at radius 1 is 1.00 bits per heavy atom. The number of benzene rings is 3. The second-order valence-electron chi connectivity index (χ2n) is 8.72. The summed E-state index contributed by atoms with van der Waals surface area (Å²) in [4.78, 5) is 18.0. The fourth-order valence-electron chi connectivity index (χ4n) is 4.69. The normalized spacial score (nSPS) is 19.6. The van der Waals surface area contributed by atoms with Crippen molar-refractivity contribution in [3.8, 4) is 0 Å². The van der Waals surface area contributed by atoms with Gasteiger partial charge in [-0.25, -0.2) is 18.2 Å². The Hall–Kier alpha value is -3.75. The van der Waals surface area contributed by atoms with E-state index >= 15 is 0 Å². The highest BCUT2D eigenvalue weighted by atomic mass is 32.2. The molecule has 0 bridgehead atoms. The molecule has 0 saturated carbocycles. The summed E-state index contributed by atoms with van der Waals surface area (Å²) in [6.07, 6.45) is 3.77. The number of nitrogens with zero attached hydrogens (tertiary/aromatic N) is 3. The average Bonchev–Trinajstić information content (AvgIpc) is 3.07. The van der Waals surface area contributed by atoms with E-state index in [0.29, 0.717) is 12.0 Å². The third kappa shape index (κ3) is 4.23. The lowest BCUT2D eigenvalue weighted by Gasteiger charge is -2.42. The maximum absolute atomic E-state index is 14.4. The van der Waals surface area contributed by atoms with Crippen molar-refractivity contribution in [1.29, 1.82) is 0 Å². The third-order valence-corrected chi connectivity index (χ3v) is 8.19. The summed E-state index contributed by atoms with van der Waals surface area (Å²) in [6.45, 7) is 3.82. The molecule has 3 aromatic rings. The van der Waals surface area contributed by atoms with Gasteiger partial charge in [0.25, 0.3) is 10.0 Å². The molecule has 0 spiro atoms. The van der Waals surface area contributed by atoms with E-state index in [0.717, 1.165) is 16.8 Å². The van der Waals surface area contributed by atoms with Gasteiger partial charge in [-0.3, -0.25) is 5.01 Å². The summed E-state index contributed by atoms with van der Waals surface area (Å²) in [5.41, 5.74) is 3.54. The molecule has 2 aliphatic heterocycles. The molecule has 0 aromatic heterocycles. The fourth-order valence-corrected chi connectivity index (χ4v) is 6.30. The monoisotopic (exact) mass is 501 g/mol. The largest absolute Gasteiger partial charge is 0.463 e. The quantitative estimate of drug-likeness (QED) is 0.446.